The van der Waals surface area contributed by atoms with Gasteiger partial charge in [0.2, 0.25) is 0 Å². The molecule has 3 aromatic heterocycles. The molecule has 0 aliphatic carbocycles. The van der Waals surface area contributed by atoms with Crippen molar-refractivity contribution in [2.24, 2.45) is 7.05 Å². The normalized spacial score (nSPS) is 22.5. The minimum absolute atomic E-state index is 0.0872. The van der Waals surface area contributed by atoms with E-state index in [-0.39, 0.29) is 11.2 Å². The van der Waals surface area contributed by atoms with Crippen LogP contribution in [0, 0.1) is 0 Å². The zero-order chi connectivity index (χ0) is 21.8. The van der Waals surface area contributed by atoms with Gasteiger partial charge in [0.25, 0.3) is 0 Å². The first-order valence-corrected chi connectivity index (χ1v) is 11.0. The summed E-state index contributed by atoms with van der Waals surface area (Å²) >= 11 is 0. The Morgan fingerprint density at radius 1 is 1.06 bits per heavy atom. The second-order valence-corrected chi connectivity index (χ2v) is 8.95. The highest BCUT2D eigenvalue weighted by Gasteiger charge is 2.34. The zero-order valence-corrected chi connectivity index (χ0v) is 17.8. The van der Waals surface area contributed by atoms with Crippen LogP contribution in [0.5, 0.6) is 5.75 Å². The van der Waals surface area contributed by atoms with Gasteiger partial charge in [0.15, 0.2) is 11.1 Å². The molecule has 0 amide bonds. The number of pyridine rings is 1. The lowest BCUT2D eigenvalue weighted by atomic mass is 9.99. The zero-order valence-electron chi connectivity index (χ0n) is 17.8. The summed E-state index contributed by atoms with van der Waals surface area (Å²) in [6.07, 6.45) is 9.99. The molecule has 6 rings (SSSR count). The van der Waals surface area contributed by atoms with E-state index in [1.165, 1.54) is 12.8 Å². The molecular formula is C24H24N6O2. The fourth-order valence-electron chi connectivity index (χ4n) is 5.24. The van der Waals surface area contributed by atoms with E-state index in [2.05, 4.69) is 25.2 Å². The number of piperidine rings is 1. The SMILES string of the molecule is Cn1cc(-c2ccc(-c3cc4c(=O)ccn(C5C[C@H]6CC[C@@H](C5)N6)c4nn3)c(O)c2)cn1. The predicted molar refractivity (Wildman–Crippen MR) is 121 cm³/mol. The lowest BCUT2D eigenvalue weighted by molar-refractivity contribution is 0.302. The Morgan fingerprint density at radius 2 is 1.88 bits per heavy atom. The van der Waals surface area contributed by atoms with Gasteiger partial charge in [-0.25, -0.2) is 0 Å². The number of nitrogens with one attached hydrogen (secondary N) is 1. The van der Waals surface area contributed by atoms with Crippen LogP contribution in [0.2, 0.25) is 0 Å². The van der Waals surface area contributed by atoms with Crippen LogP contribution >= 0.6 is 0 Å². The summed E-state index contributed by atoms with van der Waals surface area (Å²) < 4.78 is 3.83. The average Bonchev–Trinajstić information content (AvgIpc) is 3.38. The molecule has 4 aromatic rings. The number of phenols is 1. The molecule has 2 saturated heterocycles. The van der Waals surface area contributed by atoms with E-state index >= 15 is 0 Å². The summed E-state index contributed by atoms with van der Waals surface area (Å²) in [5.74, 6) is 0.0891. The summed E-state index contributed by atoms with van der Waals surface area (Å²) in [7, 11) is 1.85. The van der Waals surface area contributed by atoms with E-state index in [0.29, 0.717) is 40.4 Å². The topological polar surface area (TPSA) is 97.9 Å². The van der Waals surface area contributed by atoms with Crippen molar-refractivity contribution in [3.05, 3.63) is 59.1 Å². The summed E-state index contributed by atoms with van der Waals surface area (Å²) in [4.78, 5) is 12.7. The van der Waals surface area contributed by atoms with E-state index in [0.717, 1.165) is 24.0 Å². The van der Waals surface area contributed by atoms with Gasteiger partial charge in [-0.1, -0.05) is 6.07 Å². The number of benzene rings is 1. The van der Waals surface area contributed by atoms with E-state index in [1.807, 2.05) is 25.5 Å². The minimum Gasteiger partial charge on any atom is -0.507 e. The van der Waals surface area contributed by atoms with Crippen LogP contribution in [-0.4, -0.2) is 41.7 Å². The molecule has 1 unspecified atom stereocenters. The number of aromatic hydroxyl groups is 1. The fourth-order valence-corrected chi connectivity index (χ4v) is 5.24. The summed E-state index contributed by atoms with van der Waals surface area (Å²) in [6.45, 7) is 0. The summed E-state index contributed by atoms with van der Waals surface area (Å²) in [5.41, 5.74) is 3.32. The van der Waals surface area contributed by atoms with Crippen molar-refractivity contribution in [1.82, 2.24) is 29.9 Å². The minimum atomic E-state index is -0.0872. The van der Waals surface area contributed by atoms with Crippen molar-refractivity contribution >= 4 is 11.0 Å². The maximum absolute atomic E-state index is 12.7. The third-order valence-electron chi connectivity index (χ3n) is 6.82. The monoisotopic (exact) mass is 428 g/mol. The second kappa shape index (κ2) is 7.27. The summed E-state index contributed by atoms with van der Waals surface area (Å²) in [5, 5.41) is 27.9. The highest BCUT2D eigenvalue weighted by atomic mass is 16.3. The van der Waals surface area contributed by atoms with E-state index in [1.54, 1.807) is 35.1 Å². The van der Waals surface area contributed by atoms with E-state index < -0.39 is 0 Å². The molecule has 0 saturated carbocycles. The summed E-state index contributed by atoms with van der Waals surface area (Å²) in [6, 6.07) is 10.1. The van der Waals surface area contributed by atoms with E-state index in [9.17, 15) is 9.90 Å². The molecule has 2 aliphatic heterocycles. The van der Waals surface area contributed by atoms with Gasteiger partial charge in [0.1, 0.15) is 5.75 Å². The van der Waals surface area contributed by atoms with Gasteiger partial charge in [-0.2, -0.15) is 5.10 Å². The maximum Gasteiger partial charge on any atom is 0.191 e. The molecule has 8 heteroatoms. The molecule has 2 fully saturated rings. The number of hydrogen-bond acceptors (Lipinski definition) is 6. The molecule has 2 aliphatic rings. The van der Waals surface area contributed by atoms with Gasteiger partial charge in [-0.15, -0.1) is 10.2 Å². The second-order valence-electron chi connectivity index (χ2n) is 8.95. The molecule has 32 heavy (non-hydrogen) atoms. The van der Waals surface area contributed by atoms with Crippen molar-refractivity contribution in [1.29, 1.82) is 0 Å². The van der Waals surface area contributed by atoms with Crippen LogP contribution in [0.1, 0.15) is 31.7 Å². The molecular weight excluding hydrogens is 404 g/mol. The van der Waals surface area contributed by atoms with Gasteiger partial charge in [-0.05, 0) is 49.4 Å². The molecule has 0 spiro atoms. The molecule has 8 nitrogen and oxygen atoms in total. The van der Waals surface area contributed by atoms with Crippen LogP contribution in [-0.2, 0) is 7.05 Å². The Bertz CT molecular complexity index is 1380. The Morgan fingerprint density at radius 3 is 2.59 bits per heavy atom. The van der Waals surface area contributed by atoms with Crippen LogP contribution in [0.4, 0.5) is 0 Å². The van der Waals surface area contributed by atoms with Crippen molar-refractivity contribution in [3.63, 3.8) is 0 Å². The molecule has 162 valence electrons. The van der Waals surface area contributed by atoms with Crippen LogP contribution in [0.25, 0.3) is 33.4 Å². The number of fused-ring (bicyclic) bond motifs is 3. The lowest BCUT2D eigenvalue weighted by Crippen LogP contribution is -2.39. The third kappa shape index (κ3) is 3.18. The first-order valence-electron chi connectivity index (χ1n) is 11.0. The van der Waals surface area contributed by atoms with Crippen LogP contribution in [0.3, 0.4) is 0 Å². The molecule has 2 bridgehead atoms. The van der Waals surface area contributed by atoms with Crippen molar-refractivity contribution < 1.29 is 5.11 Å². The number of aryl methyl sites for hydroxylation is 1. The third-order valence-corrected chi connectivity index (χ3v) is 6.82. The number of phenolic OH excluding ortho intramolecular Hbond substituents is 1. The van der Waals surface area contributed by atoms with Crippen LogP contribution in [0.15, 0.2) is 53.7 Å². The van der Waals surface area contributed by atoms with Gasteiger partial charge in [0.05, 0.1) is 17.3 Å². The Hall–Kier alpha value is -3.52. The van der Waals surface area contributed by atoms with Gasteiger partial charge < -0.3 is 15.0 Å². The van der Waals surface area contributed by atoms with Gasteiger partial charge in [-0.3, -0.25) is 9.48 Å². The highest BCUT2D eigenvalue weighted by molar-refractivity contribution is 5.81. The maximum atomic E-state index is 12.7. The predicted octanol–water partition coefficient (Wildman–Crippen LogP) is 3.02. The first-order chi connectivity index (χ1) is 15.5. The number of nitrogens with zero attached hydrogens (tertiary/aromatic N) is 5. The van der Waals surface area contributed by atoms with Crippen LogP contribution < -0.4 is 10.7 Å². The number of rotatable bonds is 3. The van der Waals surface area contributed by atoms with Crippen molar-refractivity contribution in [2.75, 3.05) is 0 Å². The van der Waals surface area contributed by atoms with Gasteiger partial charge >= 0.3 is 0 Å². The fraction of sp³-hybridized carbons (Fsp3) is 0.333. The largest absolute Gasteiger partial charge is 0.507 e. The first kappa shape index (κ1) is 19.2. The molecule has 0 radical (unpaired) electrons. The van der Waals surface area contributed by atoms with Crippen molar-refractivity contribution in [2.45, 2.75) is 43.8 Å². The molecule has 5 heterocycles. The van der Waals surface area contributed by atoms with Gasteiger partial charge in [0, 0.05) is 54.8 Å². The molecule has 1 aromatic carbocycles. The number of aromatic nitrogens is 5. The molecule has 3 atom stereocenters. The average molecular weight is 428 g/mol. The Balaban J connectivity index is 1.39. The standard InChI is InChI=1S/C24H24N6O2/c1-29-13-15(12-25-29)14-2-5-19(23(32)8-14)21-11-20-22(31)6-7-30(24(20)28-27-21)18-9-16-3-4-17(10-18)26-16/h2,5-8,11-13,16-18,26,32H,3-4,9-10H2,1H3/t16-,17+,18?. The quantitative estimate of drug-likeness (QED) is 0.521. The Labute approximate surface area is 184 Å². The molecule has 2 N–H and O–H groups in total. The van der Waals surface area contributed by atoms with Crippen molar-refractivity contribution in [3.8, 4) is 28.1 Å². The Kier molecular flexibility index (Phi) is 4.36. The smallest absolute Gasteiger partial charge is 0.191 e. The number of hydrogen-bond donors (Lipinski definition) is 2. The van der Waals surface area contributed by atoms with E-state index in [4.69, 9.17) is 0 Å². The lowest BCUT2D eigenvalue weighted by Gasteiger charge is -2.31. The highest BCUT2D eigenvalue weighted by Crippen LogP contribution is 2.36.